The molecule has 2 aromatic heterocycles. The van der Waals surface area contributed by atoms with Crippen molar-refractivity contribution in [3.8, 4) is 10.7 Å². The van der Waals surface area contributed by atoms with Crippen LogP contribution < -0.4 is 0 Å². The molecule has 0 aromatic carbocycles. The number of thiazole rings is 1. The summed E-state index contributed by atoms with van der Waals surface area (Å²) in [6.07, 6.45) is 1.67. The van der Waals surface area contributed by atoms with E-state index < -0.39 is 5.97 Å². The minimum absolute atomic E-state index is 0.0966. The van der Waals surface area contributed by atoms with Crippen LogP contribution in [0.4, 0.5) is 0 Å². The topological polar surface area (TPSA) is 68.0 Å². The molecule has 17 heavy (non-hydrogen) atoms. The van der Waals surface area contributed by atoms with E-state index >= 15 is 0 Å². The molecule has 0 bridgehead atoms. The van der Waals surface area contributed by atoms with Gasteiger partial charge >= 0.3 is 5.97 Å². The quantitative estimate of drug-likeness (QED) is 0.909. The van der Waals surface area contributed by atoms with E-state index in [1.807, 2.05) is 27.0 Å². The predicted molar refractivity (Wildman–Crippen MR) is 65.4 cm³/mol. The number of aryl methyl sites for hydroxylation is 1. The second-order valence-electron chi connectivity index (χ2n) is 4.03. The van der Waals surface area contributed by atoms with Gasteiger partial charge in [-0.05, 0) is 12.0 Å². The zero-order valence-electron chi connectivity index (χ0n) is 9.84. The molecule has 0 atom stereocenters. The number of carbonyl (C=O) groups is 1. The van der Waals surface area contributed by atoms with Gasteiger partial charge < -0.3 is 5.11 Å². The van der Waals surface area contributed by atoms with E-state index in [2.05, 4.69) is 10.1 Å². The van der Waals surface area contributed by atoms with Gasteiger partial charge in [0.05, 0.1) is 11.4 Å². The summed E-state index contributed by atoms with van der Waals surface area (Å²) in [5.74, 6) is -0.820. The summed E-state index contributed by atoms with van der Waals surface area (Å²) in [6.45, 7) is 3.88. The van der Waals surface area contributed by atoms with Crippen LogP contribution in [0.3, 0.4) is 0 Å². The average molecular weight is 251 g/mol. The standard InChI is InChI=1S/C11H13N3O2S/c1-6(2)8-9(11(15)16)17-10(13-8)7-4-5-12-14(7)3/h4-6H,1-3H3,(H,15,16). The molecule has 1 N–H and O–H groups in total. The number of rotatable bonds is 3. The minimum atomic E-state index is -0.917. The molecule has 0 amide bonds. The van der Waals surface area contributed by atoms with Crippen LogP contribution in [0.25, 0.3) is 10.7 Å². The van der Waals surface area contributed by atoms with Crippen LogP contribution in [0.5, 0.6) is 0 Å². The molecule has 90 valence electrons. The fraction of sp³-hybridized carbons (Fsp3) is 0.364. The molecule has 0 spiro atoms. The van der Waals surface area contributed by atoms with Gasteiger partial charge in [0.2, 0.25) is 0 Å². The molecule has 0 fully saturated rings. The molecule has 0 saturated carbocycles. The number of carboxylic acid groups (broad SMARTS) is 1. The highest BCUT2D eigenvalue weighted by atomic mass is 32.1. The number of hydrogen-bond acceptors (Lipinski definition) is 4. The van der Waals surface area contributed by atoms with Crippen LogP contribution in [-0.4, -0.2) is 25.8 Å². The average Bonchev–Trinajstić information content (AvgIpc) is 2.82. The first-order chi connectivity index (χ1) is 8.00. The van der Waals surface area contributed by atoms with Crippen molar-refractivity contribution in [2.24, 2.45) is 7.05 Å². The summed E-state index contributed by atoms with van der Waals surface area (Å²) in [7, 11) is 1.81. The molecule has 0 saturated heterocycles. The Hall–Kier alpha value is -1.69. The maximum atomic E-state index is 11.1. The van der Waals surface area contributed by atoms with Crippen molar-refractivity contribution in [2.45, 2.75) is 19.8 Å². The first-order valence-corrected chi connectivity index (χ1v) is 6.04. The number of nitrogens with zero attached hydrogens (tertiary/aromatic N) is 3. The molecule has 2 heterocycles. The van der Waals surface area contributed by atoms with Gasteiger partial charge in [-0.15, -0.1) is 11.3 Å². The summed E-state index contributed by atoms with van der Waals surface area (Å²) in [4.78, 5) is 15.9. The van der Waals surface area contributed by atoms with E-state index in [9.17, 15) is 4.79 Å². The number of carboxylic acids is 1. The smallest absolute Gasteiger partial charge is 0.347 e. The summed E-state index contributed by atoms with van der Waals surface area (Å²) < 4.78 is 1.69. The van der Waals surface area contributed by atoms with E-state index in [-0.39, 0.29) is 5.92 Å². The van der Waals surface area contributed by atoms with Gasteiger partial charge in [-0.3, -0.25) is 4.68 Å². The summed E-state index contributed by atoms with van der Waals surface area (Å²) >= 11 is 1.20. The third-order valence-corrected chi connectivity index (χ3v) is 3.52. The van der Waals surface area contributed by atoms with E-state index in [1.165, 1.54) is 11.3 Å². The monoisotopic (exact) mass is 251 g/mol. The van der Waals surface area contributed by atoms with Gasteiger partial charge in [-0.2, -0.15) is 5.10 Å². The summed E-state index contributed by atoms with van der Waals surface area (Å²) in [5.41, 5.74) is 1.48. The molecule has 5 nitrogen and oxygen atoms in total. The molecule has 0 aliphatic rings. The number of aromatic nitrogens is 3. The van der Waals surface area contributed by atoms with Gasteiger partial charge in [0.1, 0.15) is 9.88 Å². The van der Waals surface area contributed by atoms with Crippen molar-refractivity contribution in [1.29, 1.82) is 0 Å². The Balaban J connectivity index is 2.55. The third kappa shape index (κ3) is 2.08. The summed E-state index contributed by atoms with van der Waals surface area (Å²) in [6, 6.07) is 1.83. The number of hydrogen-bond donors (Lipinski definition) is 1. The van der Waals surface area contributed by atoms with Crippen molar-refractivity contribution in [3.63, 3.8) is 0 Å². The molecule has 0 aliphatic heterocycles. The van der Waals surface area contributed by atoms with Crippen molar-refractivity contribution in [2.75, 3.05) is 0 Å². The van der Waals surface area contributed by atoms with Crippen LogP contribution in [0.2, 0.25) is 0 Å². The van der Waals surface area contributed by atoms with Crippen LogP contribution in [0.1, 0.15) is 35.1 Å². The lowest BCUT2D eigenvalue weighted by atomic mass is 10.1. The maximum Gasteiger partial charge on any atom is 0.347 e. The molecular weight excluding hydrogens is 238 g/mol. The third-order valence-electron chi connectivity index (χ3n) is 2.43. The Morgan fingerprint density at radius 3 is 2.65 bits per heavy atom. The van der Waals surface area contributed by atoms with Crippen molar-refractivity contribution in [3.05, 3.63) is 22.8 Å². The molecule has 0 radical (unpaired) electrons. The lowest BCUT2D eigenvalue weighted by Crippen LogP contribution is -2.00. The normalized spacial score (nSPS) is 11.1. The Labute approximate surface area is 103 Å². The highest BCUT2D eigenvalue weighted by Gasteiger charge is 2.21. The molecular formula is C11H13N3O2S. The largest absolute Gasteiger partial charge is 0.477 e. The fourth-order valence-corrected chi connectivity index (χ4v) is 2.69. The van der Waals surface area contributed by atoms with Gasteiger partial charge in [-0.25, -0.2) is 9.78 Å². The molecule has 0 unspecified atom stereocenters. The van der Waals surface area contributed by atoms with Crippen LogP contribution >= 0.6 is 11.3 Å². The number of aromatic carboxylic acids is 1. The van der Waals surface area contributed by atoms with Gasteiger partial charge in [0, 0.05) is 13.2 Å². The van der Waals surface area contributed by atoms with Crippen LogP contribution in [0, 0.1) is 0 Å². The van der Waals surface area contributed by atoms with E-state index in [0.717, 1.165) is 5.69 Å². The van der Waals surface area contributed by atoms with E-state index in [0.29, 0.717) is 15.6 Å². The fourth-order valence-electron chi connectivity index (χ4n) is 1.57. The van der Waals surface area contributed by atoms with Crippen LogP contribution in [0.15, 0.2) is 12.3 Å². The molecule has 0 aliphatic carbocycles. The zero-order chi connectivity index (χ0) is 12.6. The van der Waals surface area contributed by atoms with Gasteiger partial charge in [0.25, 0.3) is 0 Å². The summed E-state index contributed by atoms with van der Waals surface area (Å²) in [5, 5.41) is 13.9. The zero-order valence-corrected chi connectivity index (χ0v) is 10.7. The Morgan fingerprint density at radius 1 is 1.53 bits per heavy atom. The second-order valence-corrected chi connectivity index (χ2v) is 5.03. The molecule has 2 aromatic rings. The highest BCUT2D eigenvalue weighted by Crippen LogP contribution is 2.31. The van der Waals surface area contributed by atoms with Gasteiger partial charge in [0.15, 0.2) is 0 Å². The maximum absolute atomic E-state index is 11.1. The Bertz CT molecular complexity index is 557. The van der Waals surface area contributed by atoms with Crippen molar-refractivity contribution in [1.82, 2.24) is 14.8 Å². The van der Waals surface area contributed by atoms with E-state index in [1.54, 1.807) is 10.9 Å². The lowest BCUT2D eigenvalue weighted by molar-refractivity contribution is 0.0700. The van der Waals surface area contributed by atoms with Gasteiger partial charge in [-0.1, -0.05) is 13.8 Å². The molecule has 2 rings (SSSR count). The Morgan fingerprint density at radius 2 is 2.24 bits per heavy atom. The first-order valence-electron chi connectivity index (χ1n) is 5.23. The lowest BCUT2D eigenvalue weighted by Gasteiger charge is -2.00. The minimum Gasteiger partial charge on any atom is -0.477 e. The predicted octanol–water partition coefficient (Wildman–Crippen LogP) is 2.37. The first kappa shape index (κ1) is 11.8. The van der Waals surface area contributed by atoms with Crippen molar-refractivity contribution >= 4 is 17.3 Å². The Kier molecular flexibility index (Phi) is 2.97. The van der Waals surface area contributed by atoms with E-state index in [4.69, 9.17) is 5.11 Å². The van der Waals surface area contributed by atoms with Crippen molar-refractivity contribution < 1.29 is 9.90 Å². The van der Waals surface area contributed by atoms with Crippen LogP contribution in [-0.2, 0) is 7.05 Å². The SMILES string of the molecule is CC(C)c1nc(-c2ccnn2C)sc1C(=O)O. The molecule has 6 heteroatoms. The highest BCUT2D eigenvalue weighted by molar-refractivity contribution is 7.17. The second kappa shape index (κ2) is 4.29.